The van der Waals surface area contributed by atoms with Crippen LogP contribution in [0, 0.1) is 0 Å². The van der Waals surface area contributed by atoms with Crippen LogP contribution in [0.1, 0.15) is 20.3 Å². The van der Waals surface area contributed by atoms with Crippen LogP contribution < -0.4 is 10.6 Å². The molecule has 0 unspecified atom stereocenters. The molecule has 0 saturated carbocycles. The summed E-state index contributed by atoms with van der Waals surface area (Å²) >= 11 is 1.16. The molecule has 0 saturated heterocycles. The Hall–Kier alpha value is -1.30. The van der Waals surface area contributed by atoms with Crippen LogP contribution in [0.25, 0.3) is 0 Å². The lowest BCUT2D eigenvalue weighted by Crippen LogP contribution is -2.30. The summed E-state index contributed by atoms with van der Waals surface area (Å²) in [5, 5.41) is 5.19. The van der Waals surface area contributed by atoms with Crippen molar-refractivity contribution in [1.82, 2.24) is 10.6 Å². The van der Waals surface area contributed by atoms with E-state index in [1.807, 2.05) is 0 Å². The molecule has 6 heteroatoms. The fraction of sp³-hybridized carbons (Fsp3) is 0.545. The van der Waals surface area contributed by atoms with E-state index in [4.69, 9.17) is 0 Å². The first-order valence-electron chi connectivity index (χ1n) is 5.37. The van der Waals surface area contributed by atoms with Gasteiger partial charge in [-0.1, -0.05) is 17.8 Å². The zero-order valence-corrected chi connectivity index (χ0v) is 10.9. The zero-order chi connectivity index (χ0) is 13.1. The molecule has 0 heterocycles. The molecule has 17 heavy (non-hydrogen) atoms. The fourth-order valence-corrected chi connectivity index (χ4v) is 1.60. The molecule has 5 nitrogen and oxygen atoms in total. The van der Waals surface area contributed by atoms with Gasteiger partial charge in [-0.3, -0.25) is 14.4 Å². The van der Waals surface area contributed by atoms with Gasteiger partial charge in [0.2, 0.25) is 16.9 Å². The second kappa shape index (κ2) is 9.89. The number of nitrogens with one attached hydrogen (secondary N) is 2. The van der Waals surface area contributed by atoms with E-state index >= 15 is 0 Å². The molecule has 0 bridgehead atoms. The number of amides is 2. The summed E-state index contributed by atoms with van der Waals surface area (Å²) < 4.78 is 0. The molecule has 0 radical (unpaired) electrons. The molecular formula is C11H18N2O3S. The standard InChI is InChI=1S/C11H18N2O3S/c1-3-4-11(16)17-8-7-13-10(15)5-6-12-9(2)14/h3-4H,5-8H2,1-2H3,(H,12,14)(H,13,15)/b4-3+. The molecule has 0 aromatic rings. The van der Waals surface area contributed by atoms with E-state index in [-0.39, 0.29) is 23.4 Å². The molecule has 96 valence electrons. The van der Waals surface area contributed by atoms with Gasteiger partial charge in [0.05, 0.1) is 0 Å². The summed E-state index contributed by atoms with van der Waals surface area (Å²) in [7, 11) is 0. The van der Waals surface area contributed by atoms with Crippen molar-refractivity contribution in [3.05, 3.63) is 12.2 Å². The van der Waals surface area contributed by atoms with Crippen molar-refractivity contribution >= 4 is 28.7 Å². The third-order valence-corrected chi connectivity index (χ3v) is 2.53. The lowest BCUT2D eigenvalue weighted by Gasteiger charge is -2.04. The van der Waals surface area contributed by atoms with Gasteiger partial charge in [-0.15, -0.1) is 0 Å². The number of carbonyl (C=O) groups excluding carboxylic acids is 3. The number of allylic oxidation sites excluding steroid dienone is 1. The number of carbonyl (C=O) groups is 3. The summed E-state index contributed by atoms with van der Waals surface area (Å²) in [4.78, 5) is 32.8. The van der Waals surface area contributed by atoms with Crippen molar-refractivity contribution in [1.29, 1.82) is 0 Å². The molecule has 0 spiro atoms. The molecule has 0 rings (SSSR count). The van der Waals surface area contributed by atoms with Crippen molar-refractivity contribution in [3.8, 4) is 0 Å². The lowest BCUT2D eigenvalue weighted by atomic mass is 10.4. The number of rotatable bonds is 7. The third kappa shape index (κ3) is 11.0. The van der Waals surface area contributed by atoms with Crippen molar-refractivity contribution in [3.63, 3.8) is 0 Å². The van der Waals surface area contributed by atoms with Gasteiger partial charge in [-0.25, -0.2) is 0 Å². The maximum Gasteiger partial charge on any atom is 0.221 e. The average molecular weight is 258 g/mol. The van der Waals surface area contributed by atoms with Gasteiger partial charge in [0.15, 0.2) is 0 Å². The minimum atomic E-state index is -0.148. The van der Waals surface area contributed by atoms with Crippen LogP contribution in [0.2, 0.25) is 0 Å². The van der Waals surface area contributed by atoms with Gasteiger partial charge in [-0.2, -0.15) is 0 Å². The molecule has 0 atom stereocenters. The SMILES string of the molecule is C/C=C/C(=O)SCCNC(=O)CCNC(C)=O. The van der Waals surface area contributed by atoms with Crippen molar-refractivity contribution in [2.24, 2.45) is 0 Å². The van der Waals surface area contributed by atoms with E-state index in [9.17, 15) is 14.4 Å². The Labute approximate surface area is 105 Å². The van der Waals surface area contributed by atoms with Gasteiger partial charge in [-0.05, 0) is 13.0 Å². The largest absolute Gasteiger partial charge is 0.356 e. The quantitative estimate of drug-likeness (QED) is 0.514. The summed E-state index contributed by atoms with van der Waals surface area (Å²) in [6, 6.07) is 0. The Morgan fingerprint density at radius 1 is 1.18 bits per heavy atom. The second-order valence-electron chi connectivity index (χ2n) is 3.25. The monoisotopic (exact) mass is 258 g/mol. The molecular weight excluding hydrogens is 240 g/mol. The lowest BCUT2D eigenvalue weighted by molar-refractivity contribution is -0.121. The van der Waals surface area contributed by atoms with E-state index in [0.717, 1.165) is 11.8 Å². The van der Waals surface area contributed by atoms with E-state index < -0.39 is 0 Å². The van der Waals surface area contributed by atoms with Gasteiger partial charge in [0, 0.05) is 32.2 Å². The highest BCUT2D eigenvalue weighted by molar-refractivity contribution is 8.14. The highest BCUT2D eigenvalue weighted by Gasteiger charge is 2.02. The average Bonchev–Trinajstić information content (AvgIpc) is 2.24. The van der Waals surface area contributed by atoms with Crippen molar-refractivity contribution < 1.29 is 14.4 Å². The molecule has 0 aliphatic rings. The summed E-state index contributed by atoms with van der Waals surface area (Å²) in [6.07, 6.45) is 3.43. The topological polar surface area (TPSA) is 75.3 Å². The highest BCUT2D eigenvalue weighted by atomic mass is 32.2. The first kappa shape index (κ1) is 15.7. The number of hydrogen-bond acceptors (Lipinski definition) is 4. The van der Waals surface area contributed by atoms with Crippen LogP contribution in [0.4, 0.5) is 0 Å². The van der Waals surface area contributed by atoms with Crippen LogP contribution in [-0.2, 0) is 14.4 Å². The van der Waals surface area contributed by atoms with Crippen LogP contribution in [0.5, 0.6) is 0 Å². The van der Waals surface area contributed by atoms with Crippen LogP contribution >= 0.6 is 11.8 Å². The summed E-state index contributed by atoms with van der Waals surface area (Å²) in [5.41, 5.74) is 0. The van der Waals surface area contributed by atoms with E-state index in [2.05, 4.69) is 10.6 Å². The Morgan fingerprint density at radius 3 is 2.47 bits per heavy atom. The second-order valence-corrected chi connectivity index (χ2v) is 4.35. The van der Waals surface area contributed by atoms with Gasteiger partial charge < -0.3 is 10.6 Å². The summed E-state index contributed by atoms with van der Waals surface area (Å²) in [5.74, 6) is 0.276. The van der Waals surface area contributed by atoms with Crippen molar-refractivity contribution in [2.45, 2.75) is 20.3 Å². The molecule has 2 amide bonds. The predicted molar refractivity (Wildman–Crippen MR) is 68.6 cm³/mol. The van der Waals surface area contributed by atoms with E-state index in [0.29, 0.717) is 18.8 Å². The number of thioether (sulfide) groups is 1. The molecule has 0 aromatic heterocycles. The normalized spacial score (nSPS) is 10.2. The van der Waals surface area contributed by atoms with Crippen molar-refractivity contribution in [2.75, 3.05) is 18.8 Å². The smallest absolute Gasteiger partial charge is 0.221 e. The number of hydrogen-bond donors (Lipinski definition) is 2. The van der Waals surface area contributed by atoms with E-state index in [1.54, 1.807) is 13.0 Å². The zero-order valence-electron chi connectivity index (χ0n) is 10.1. The highest BCUT2D eigenvalue weighted by Crippen LogP contribution is 2.01. The molecule has 0 aliphatic carbocycles. The Balaban J connectivity index is 3.45. The Bertz CT molecular complexity index is 303. The third-order valence-electron chi connectivity index (χ3n) is 1.70. The summed E-state index contributed by atoms with van der Waals surface area (Å²) in [6.45, 7) is 3.97. The van der Waals surface area contributed by atoms with Gasteiger partial charge in [0.1, 0.15) is 0 Å². The van der Waals surface area contributed by atoms with Gasteiger partial charge >= 0.3 is 0 Å². The molecule has 2 N–H and O–H groups in total. The molecule has 0 aromatic carbocycles. The Morgan fingerprint density at radius 2 is 1.88 bits per heavy atom. The van der Waals surface area contributed by atoms with Crippen LogP contribution in [-0.4, -0.2) is 35.8 Å². The fourth-order valence-electron chi connectivity index (χ4n) is 0.967. The van der Waals surface area contributed by atoms with Crippen LogP contribution in [0.15, 0.2) is 12.2 Å². The first-order chi connectivity index (χ1) is 8.06. The maximum absolute atomic E-state index is 11.2. The maximum atomic E-state index is 11.2. The minimum absolute atomic E-state index is 0.0139. The predicted octanol–water partition coefficient (Wildman–Crippen LogP) is 0.465. The molecule has 0 fully saturated rings. The minimum Gasteiger partial charge on any atom is -0.356 e. The Kier molecular flexibility index (Phi) is 9.14. The van der Waals surface area contributed by atoms with Gasteiger partial charge in [0.25, 0.3) is 0 Å². The first-order valence-corrected chi connectivity index (χ1v) is 6.35. The van der Waals surface area contributed by atoms with Crippen LogP contribution in [0.3, 0.4) is 0 Å². The molecule has 0 aliphatic heterocycles. The van der Waals surface area contributed by atoms with E-state index in [1.165, 1.54) is 13.0 Å².